The number of hydrogen-bond donors (Lipinski definition) is 1. The molecule has 0 atom stereocenters. The summed E-state index contributed by atoms with van der Waals surface area (Å²) in [7, 11) is 0. The largest absolute Gasteiger partial charge is 0.346 e. The van der Waals surface area contributed by atoms with E-state index in [1.54, 1.807) is 35.4 Å². The van der Waals surface area contributed by atoms with Gasteiger partial charge in [0, 0.05) is 16.7 Å². The lowest BCUT2D eigenvalue weighted by atomic mass is 10.1. The number of pyridine rings is 1. The van der Waals surface area contributed by atoms with Gasteiger partial charge in [-0.3, -0.25) is 14.6 Å². The molecule has 0 spiro atoms. The van der Waals surface area contributed by atoms with Crippen molar-refractivity contribution in [1.29, 1.82) is 0 Å². The predicted molar refractivity (Wildman–Crippen MR) is 140 cm³/mol. The van der Waals surface area contributed by atoms with Crippen molar-refractivity contribution in [3.63, 3.8) is 0 Å². The van der Waals surface area contributed by atoms with Crippen molar-refractivity contribution < 1.29 is 14.0 Å². The number of carbonyl (C=O) groups excluding carboxylic acids is 2. The fourth-order valence-corrected chi connectivity index (χ4v) is 4.91. The number of fused-ring (bicyclic) bond motifs is 1. The Morgan fingerprint density at radius 3 is 2.44 bits per heavy atom. The van der Waals surface area contributed by atoms with Crippen molar-refractivity contribution >= 4 is 35.3 Å². The molecule has 2 amide bonds. The van der Waals surface area contributed by atoms with E-state index in [1.807, 2.05) is 60.7 Å². The van der Waals surface area contributed by atoms with E-state index >= 15 is 0 Å². The van der Waals surface area contributed by atoms with Gasteiger partial charge in [-0.2, -0.15) is 0 Å². The van der Waals surface area contributed by atoms with Gasteiger partial charge in [0.05, 0.1) is 29.4 Å². The summed E-state index contributed by atoms with van der Waals surface area (Å²) < 4.78 is 13.4. The van der Waals surface area contributed by atoms with Crippen LogP contribution in [0.2, 0.25) is 0 Å². The van der Waals surface area contributed by atoms with Crippen molar-refractivity contribution in [2.75, 3.05) is 4.90 Å². The number of aromatic nitrogens is 1. The van der Waals surface area contributed by atoms with Crippen LogP contribution in [0.25, 0.3) is 6.08 Å². The van der Waals surface area contributed by atoms with Gasteiger partial charge in [-0.1, -0.05) is 54.2 Å². The first-order chi connectivity index (χ1) is 17.6. The number of nitrogens with one attached hydrogen (secondary N) is 1. The molecule has 3 aromatic carbocycles. The molecule has 5 rings (SSSR count). The zero-order valence-electron chi connectivity index (χ0n) is 19.2. The van der Waals surface area contributed by atoms with Gasteiger partial charge in [-0.15, -0.1) is 0 Å². The number of anilines is 1. The standard InChI is InChI=1S/C29H22FN3O2S/c30-23-14-10-21(11-15-23)19-33-25-6-1-2-7-26(25)36-27(29(33)35)17-20-8-12-22(13-9-20)28(34)32-18-24-5-3-4-16-31-24/h1-17H,18-19H2,(H,32,34). The van der Waals surface area contributed by atoms with E-state index in [-0.39, 0.29) is 17.6 Å². The number of para-hydroxylation sites is 1. The monoisotopic (exact) mass is 495 g/mol. The quantitative estimate of drug-likeness (QED) is 0.342. The van der Waals surface area contributed by atoms with Crippen molar-refractivity contribution in [3.05, 3.63) is 130 Å². The molecule has 36 heavy (non-hydrogen) atoms. The molecule has 2 heterocycles. The van der Waals surface area contributed by atoms with E-state index in [9.17, 15) is 14.0 Å². The second-order valence-electron chi connectivity index (χ2n) is 8.22. The topological polar surface area (TPSA) is 62.3 Å². The molecule has 0 fully saturated rings. The Labute approximate surface area is 212 Å². The first kappa shape index (κ1) is 23.5. The number of hydrogen-bond acceptors (Lipinski definition) is 4. The SMILES string of the molecule is O=C(NCc1ccccn1)c1ccc(C=C2Sc3ccccc3N(Cc3ccc(F)cc3)C2=O)cc1. The van der Waals surface area contributed by atoms with Gasteiger partial charge in [0.15, 0.2) is 0 Å². The zero-order valence-corrected chi connectivity index (χ0v) is 20.0. The minimum Gasteiger partial charge on any atom is -0.346 e. The van der Waals surface area contributed by atoms with Crippen molar-refractivity contribution in [2.45, 2.75) is 18.0 Å². The summed E-state index contributed by atoms with van der Waals surface area (Å²) in [5.41, 5.74) is 3.79. The molecule has 5 nitrogen and oxygen atoms in total. The molecule has 7 heteroatoms. The zero-order chi connectivity index (χ0) is 24.9. The Bertz CT molecular complexity index is 1420. The fraction of sp³-hybridized carbons (Fsp3) is 0.0690. The van der Waals surface area contributed by atoms with Gasteiger partial charge in [0.25, 0.3) is 11.8 Å². The average molecular weight is 496 g/mol. The molecule has 1 aliphatic heterocycles. The van der Waals surface area contributed by atoms with Gasteiger partial charge in [0.2, 0.25) is 0 Å². The fourth-order valence-electron chi connectivity index (χ4n) is 3.85. The van der Waals surface area contributed by atoms with Crippen molar-refractivity contribution in [1.82, 2.24) is 10.3 Å². The third kappa shape index (κ3) is 5.37. The maximum absolute atomic E-state index is 13.5. The van der Waals surface area contributed by atoms with Gasteiger partial charge < -0.3 is 10.2 Å². The number of amides is 2. The van der Waals surface area contributed by atoms with Gasteiger partial charge in [-0.05, 0) is 65.7 Å². The highest BCUT2D eigenvalue weighted by atomic mass is 32.2. The Kier molecular flexibility index (Phi) is 6.91. The number of benzene rings is 3. The molecule has 0 bridgehead atoms. The van der Waals surface area contributed by atoms with E-state index in [0.29, 0.717) is 23.6 Å². The molecule has 0 saturated heterocycles. The van der Waals surface area contributed by atoms with Crippen LogP contribution in [-0.4, -0.2) is 16.8 Å². The van der Waals surface area contributed by atoms with E-state index in [1.165, 1.54) is 23.9 Å². The van der Waals surface area contributed by atoms with E-state index < -0.39 is 0 Å². The van der Waals surface area contributed by atoms with Gasteiger partial charge in [0.1, 0.15) is 5.82 Å². The maximum atomic E-state index is 13.5. The number of rotatable bonds is 6. The molecular formula is C29H22FN3O2S. The van der Waals surface area contributed by atoms with Crippen LogP contribution >= 0.6 is 11.8 Å². The highest BCUT2D eigenvalue weighted by Gasteiger charge is 2.29. The number of carbonyl (C=O) groups is 2. The van der Waals surface area contributed by atoms with Crippen LogP contribution in [0.4, 0.5) is 10.1 Å². The van der Waals surface area contributed by atoms with E-state index in [2.05, 4.69) is 10.3 Å². The van der Waals surface area contributed by atoms with Crippen LogP contribution in [0.5, 0.6) is 0 Å². The minimum atomic E-state index is -0.311. The molecular weight excluding hydrogens is 473 g/mol. The van der Waals surface area contributed by atoms with Crippen molar-refractivity contribution in [2.24, 2.45) is 0 Å². The van der Waals surface area contributed by atoms with Crippen LogP contribution in [0.15, 0.2) is 107 Å². The summed E-state index contributed by atoms with van der Waals surface area (Å²) in [6.07, 6.45) is 3.52. The highest BCUT2D eigenvalue weighted by Crippen LogP contribution is 2.42. The van der Waals surface area contributed by atoms with Crippen LogP contribution in [0.3, 0.4) is 0 Å². The van der Waals surface area contributed by atoms with Crippen LogP contribution in [0, 0.1) is 5.82 Å². The molecule has 178 valence electrons. The summed E-state index contributed by atoms with van der Waals surface area (Å²) in [5, 5.41) is 2.86. The first-order valence-corrected chi connectivity index (χ1v) is 12.2. The van der Waals surface area contributed by atoms with Crippen LogP contribution < -0.4 is 10.2 Å². The Hall–Kier alpha value is -4.23. The normalized spacial score (nSPS) is 14.0. The summed E-state index contributed by atoms with van der Waals surface area (Å²) in [6, 6.07) is 26.6. The lowest BCUT2D eigenvalue weighted by Gasteiger charge is -2.30. The summed E-state index contributed by atoms with van der Waals surface area (Å²) >= 11 is 1.42. The van der Waals surface area contributed by atoms with Crippen LogP contribution in [-0.2, 0) is 17.9 Å². The van der Waals surface area contributed by atoms with Crippen molar-refractivity contribution in [3.8, 4) is 0 Å². The van der Waals surface area contributed by atoms with Gasteiger partial charge in [-0.25, -0.2) is 4.39 Å². The lowest BCUT2D eigenvalue weighted by Crippen LogP contribution is -2.33. The molecule has 0 radical (unpaired) electrons. The Morgan fingerprint density at radius 1 is 0.944 bits per heavy atom. The van der Waals surface area contributed by atoms with E-state index in [4.69, 9.17) is 0 Å². The minimum absolute atomic E-state index is 0.125. The Morgan fingerprint density at radius 2 is 1.69 bits per heavy atom. The molecule has 1 aliphatic rings. The predicted octanol–water partition coefficient (Wildman–Crippen LogP) is 5.83. The van der Waals surface area contributed by atoms with E-state index in [0.717, 1.165) is 27.4 Å². The third-order valence-electron chi connectivity index (χ3n) is 5.71. The molecule has 1 aromatic heterocycles. The summed E-state index contributed by atoms with van der Waals surface area (Å²) in [5.74, 6) is -0.628. The number of nitrogens with zero attached hydrogens (tertiary/aromatic N) is 2. The third-order valence-corrected chi connectivity index (χ3v) is 6.79. The molecule has 4 aromatic rings. The Balaban J connectivity index is 1.34. The molecule has 0 aliphatic carbocycles. The second kappa shape index (κ2) is 10.6. The molecule has 0 saturated carbocycles. The maximum Gasteiger partial charge on any atom is 0.265 e. The highest BCUT2D eigenvalue weighted by molar-refractivity contribution is 8.04. The lowest BCUT2D eigenvalue weighted by molar-refractivity contribution is -0.114. The first-order valence-electron chi connectivity index (χ1n) is 11.4. The average Bonchev–Trinajstić information content (AvgIpc) is 2.92. The number of halogens is 1. The van der Waals surface area contributed by atoms with Crippen LogP contribution in [0.1, 0.15) is 27.2 Å². The summed E-state index contributed by atoms with van der Waals surface area (Å²) in [4.78, 5) is 33.4. The molecule has 0 unspecified atom stereocenters. The van der Waals surface area contributed by atoms with Gasteiger partial charge >= 0.3 is 0 Å². The number of thioether (sulfide) groups is 1. The second-order valence-corrected chi connectivity index (χ2v) is 9.31. The summed E-state index contributed by atoms with van der Waals surface area (Å²) in [6.45, 7) is 0.684. The smallest absolute Gasteiger partial charge is 0.265 e. The molecule has 1 N–H and O–H groups in total.